The van der Waals surface area contributed by atoms with Crippen molar-refractivity contribution in [3.63, 3.8) is 0 Å². The van der Waals surface area contributed by atoms with Gasteiger partial charge in [-0.15, -0.1) is 11.3 Å². The van der Waals surface area contributed by atoms with E-state index in [4.69, 9.17) is 4.74 Å². The maximum atomic E-state index is 11.9. The summed E-state index contributed by atoms with van der Waals surface area (Å²) in [5.41, 5.74) is 3.32. The van der Waals surface area contributed by atoms with Gasteiger partial charge >= 0.3 is 0 Å². The molecule has 1 aromatic heterocycles. The average molecular weight is 301 g/mol. The highest BCUT2D eigenvalue weighted by molar-refractivity contribution is 7.12. The number of ether oxygens (including phenoxy) is 1. The lowest BCUT2D eigenvalue weighted by Crippen LogP contribution is -2.24. The summed E-state index contributed by atoms with van der Waals surface area (Å²) in [4.78, 5) is 12.7. The number of amides is 1. The highest BCUT2D eigenvalue weighted by Gasteiger charge is 2.24. The topological polar surface area (TPSA) is 38.3 Å². The summed E-state index contributed by atoms with van der Waals surface area (Å²) in [6, 6.07) is 8.45. The van der Waals surface area contributed by atoms with Crippen LogP contribution in [-0.2, 0) is 6.61 Å². The van der Waals surface area contributed by atoms with Gasteiger partial charge < -0.3 is 10.1 Å². The molecule has 1 heterocycles. The number of aryl methyl sites for hydroxylation is 2. The van der Waals surface area contributed by atoms with Crippen molar-refractivity contribution in [3.8, 4) is 5.75 Å². The Morgan fingerprint density at radius 3 is 2.71 bits per heavy atom. The third-order valence-electron chi connectivity index (χ3n) is 3.58. The first-order valence-electron chi connectivity index (χ1n) is 7.21. The highest BCUT2D eigenvalue weighted by atomic mass is 32.1. The molecule has 1 aliphatic rings. The number of rotatable bonds is 5. The van der Waals surface area contributed by atoms with Crippen LogP contribution in [0.2, 0.25) is 0 Å². The molecule has 110 valence electrons. The van der Waals surface area contributed by atoms with Gasteiger partial charge in [-0.3, -0.25) is 4.79 Å². The fourth-order valence-corrected chi connectivity index (χ4v) is 3.04. The number of carbonyl (C=O) groups excluding carboxylic acids is 1. The lowest BCUT2D eigenvalue weighted by molar-refractivity contribution is 0.0955. The summed E-state index contributed by atoms with van der Waals surface area (Å²) in [5, 5.41) is 5.00. The Labute approximate surface area is 129 Å². The quantitative estimate of drug-likeness (QED) is 0.911. The zero-order valence-corrected chi connectivity index (χ0v) is 13.1. The Kier molecular flexibility index (Phi) is 3.97. The van der Waals surface area contributed by atoms with Crippen LogP contribution in [0.25, 0.3) is 0 Å². The predicted octanol–water partition coefficient (Wildman–Crippen LogP) is 3.84. The van der Waals surface area contributed by atoms with E-state index in [0.717, 1.165) is 40.2 Å². The van der Waals surface area contributed by atoms with E-state index in [1.807, 2.05) is 43.5 Å². The Balaban J connectivity index is 1.63. The number of hydrogen-bond acceptors (Lipinski definition) is 3. The van der Waals surface area contributed by atoms with Crippen molar-refractivity contribution in [2.24, 2.45) is 0 Å². The van der Waals surface area contributed by atoms with Crippen LogP contribution < -0.4 is 10.1 Å². The van der Waals surface area contributed by atoms with Crippen molar-refractivity contribution < 1.29 is 9.53 Å². The van der Waals surface area contributed by atoms with E-state index in [1.54, 1.807) is 0 Å². The van der Waals surface area contributed by atoms with Crippen molar-refractivity contribution in [2.75, 3.05) is 0 Å². The number of carbonyl (C=O) groups is 1. The van der Waals surface area contributed by atoms with E-state index in [1.165, 1.54) is 11.3 Å². The normalized spacial score (nSPS) is 14.0. The largest absolute Gasteiger partial charge is 0.488 e. The summed E-state index contributed by atoms with van der Waals surface area (Å²) in [5.74, 6) is 0.980. The molecule has 1 N–H and O–H groups in total. The van der Waals surface area contributed by atoms with Crippen molar-refractivity contribution >= 4 is 17.2 Å². The third kappa shape index (κ3) is 3.45. The van der Waals surface area contributed by atoms with Crippen LogP contribution in [0.5, 0.6) is 5.75 Å². The van der Waals surface area contributed by atoms with Crippen molar-refractivity contribution in [1.29, 1.82) is 0 Å². The summed E-state index contributed by atoms with van der Waals surface area (Å²) in [7, 11) is 0. The van der Waals surface area contributed by atoms with Crippen LogP contribution in [0, 0.1) is 13.8 Å². The first kappa shape index (κ1) is 14.1. The number of benzene rings is 1. The fraction of sp³-hybridized carbons (Fsp3) is 0.353. The van der Waals surface area contributed by atoms with Gasteiger partial charge in [0.15, 0.2) is 0 Å². The summed E-state index contributed by atoms with van der Waals surface area (Å²) in [6.07, 6.45) is 2.22. The van der Waals surface area contributed by atoms with E-state index < -0.39 is 0 Å². The van der Waals surface area contributed by atoms with Gasteiger partial charge in [0.05, 0.1) is 4.88 Å². The fourth-order valence-electron chi connectivity index (χ4n) is 2.24. The molecular weight excluding hydrogens is 282 g/mol. The van der Waals surface area contributed by atoms with Crippen LogP contribution in [0.1, 0.15) is 39.2 Å². The molecule has 3 nitrogen and oxygen atoms in total. The Bertz CT molecular complexity index is 638. The van der Waals surface area contributed by atoms with Gasteiger partial charge in [-0.1, -0.05) is 18.2 Å². The molecule has 0 spiro atoms. The second-order valence-electron chi connectivity index (χ2n) is 5.58. The minimum absolute atomic E-state index is 0.0424. The molecule has 4 heteroatoms. The number of thiophene rings is 1. The van der Waals surface area contributed by atoms with Gasteiger partial charge in [0.1, 0.15) is 12.4 Å². The minimum atomic E-state index is 0.0424. The minimum Gasteiger partial charge on any atom is -0.488 e. The van der Waals surface area contributed by atoms with E-state index in [2.05, 4.69) is 5.32 Å². The SMILES string of the molecule is Cc1cccc(C)c1OCc1csc(C(=O)NC2CC2)c1. The summed E-state index contributed by atoms with van der Waals surface area (Å²) in [6.45, 7) is 4.59. The van der Waals surface area contributed by atoms with E-state index in [9.17, 15) is 4.79 Å². The van der Waals surface area contributed by atoms with Crippen LogP contribution in [0.3, 0.4) is 0 Å². The molecule has 21 heavy (non-hydrogen) atoms. The Hall–Kier alpha value is -1.81. The molecule has 0 saturated heterocycles. The molecule has 0 atom stereocenters. The van der Waals surface area contributed by atoms with Gasteiger partial charge in [0.2, 0.25) is 0 Å². The summed E-state index contributed by atoms with van der Waals surface area (Å²) < 4.78 is 5.92. The molecular formula is C17H19NO2S. The maximum absolute atomic E-state index is 11.9. The number of nitrogens with one attached hydrogen (secondary N) is 1. The molecule has 1 fully saturated rings. The lowest BCUT2D eigenvalue weighted by atomic mass is 10.1. The number of hydrogen-bond donors (Lipinski definition) is 1. The van der Waals surface area contributed by atoms with Crippen molar-refractivity contribution in [2.45, 2.75) is 39.3 Å². The zero-order chi connectivity index (χ0) is 14.8. The second kappa shape index (κ2) is 5.90. The van der Waals surface area contributed by atoms with Crippen molar-refractivity contribution in [1.82, 2.24) is 5.32 Å². The molecule has 0 bridgehead atoms. The number of para-hydroxylation sites is 1. The molecule has 0 aliphatic heterocycles. The molecule has 3 rings (SSSR count). The Morgan fingerprint density at radius 2 is 2.05 bits per heavy atom. The van der Waals surface area contributed by atoms with E-state index in [-0.39, 0.29) is 5.91 Å². The summed E-state index contributed by atoms with van der Waals surface area (Å²) >= 11 is 1.48. The van der Waals surface area contributed by atoms with Crippen LogP contribution in [0.15, 0.2) is 29.6 Å². The van der Waals surface area contributed by atoms with Gasteiger partial charge in [-0.25, -0.2) is 0 Å². The predicted molar refractivity (Wildman–Crippen MR) is 85.1 cm³/mol. The molecule has 1 aliphatic carbocycles. The second-order valence-corrected chi connectivity index (χ2v) is 6.49. The molecule has 1 saturated carbocycles. The van der Waals surface area contributed by atoms with Crippen LogP contribution in [0.4, 0.5) is 0 Å². The van der Waals surface area contributed by atoms with Crippen LogP contribution >= 0.6 is 11.3 Å². The van der Waals surface area contributed by atoms with Crippen LogP contribution in [-0.4, -0.2) is 11.9 Å². The Morgan fingerprint density at radius 1 is 1.33 bits per heavy atom. The molecule has 2 aromatic rings. The van der Waals surface area contributed by atoms with Crippen molar-refractivity contribution in [3.05, 3.63) is 51.2 Å². The smallest absolute Gasteiger partial charge is 0.261 e. The average Bonchev–Trinajstić information content (AvgIpc) is 3.13. The van der Waals surface area contributed by atoms with E-state index in [0.29, 0.717) is 12.6 Å². The maximum Gasteiger partial charge on any atom is 0.261 e. The standard InChI is InChI=1S/C17H19NO2S/c1-11-4-3-5-12(2)16(11)20-9-13-8-15(21-10-13)17(19)18-14-6-7-14/h3-5,8,10,14H,6-7,9H2,1-2H3,(H,18,19). The van der Waals surface area contributed by atoms with Gasteiger partial charge in [-0.2, -0.15) is 0 Å². The van der Waals surface area contributed by atoms with E-state index >= 15 is 0 Å². The highest BCUT2D eigenvalue weighted by Crippen LogP contribution is 2.25. The third-order valence-corrected chi connectivity index (χ3v) is 4.56. The van der Waals surface area contributed by atoms with Gasteiger partial charge in [-0.05, 0) is 49.3 Å². The molecule has 1 aromatic carbocycles. The molecule has 1 amide bonds. The lowest BCUT2D eigenvalue weighted by Gasteiger charge is -2.10. The first-order valence-corrected chi connectivity index (χ1v) is 8.09. The zero-order valence-electron chi connectivity index (χ0n) is 12.3. The molecule has 0 unspecified atom stereocenters. The van der Waals surface area contributed by atoms with Gasteiger partial charge in [0, 0.05) is 11.6 Å². The first-order chi connectivity index (χ1) is 10.1. The monoisotopic (exact) mass is 301 g/mol. The van der Waals surface area contributed by atoms with Gasteiger partial charge in [0.25, 0.3) is 5.91 Å². The molecule has 0 radical (unpaired) electrons.